The smallest absolute Gasteiger partial charge is 0.317 e. The average Bonchev–Trinajstić information content (AvgIpc) is 2.62. The monoisotopic (exact) mass is 346 g/mol. The molecular weight excluding hydrogens is 324 g/mol. The molecule has 0 unspecified atom stereocenters. The van der Waals surface area contributed by atoms with Gasteiger partial charge >= 0.3 is 5.97 Å². The van der Waals surface area contributed by atoms with Gasteiger partial charge in [-0.15, -0.1) is 0 Å². The Morgan fingerprint density at radius 3 is 2.55 bits per heavy atom. The summed E-state index contributed by atoms with van der Waals surface area (Å²) in [6.07, 6.45) is 0. The van der Waals surface area contributed by atoms with E-state index in [1.807, 2.05) is 42.4 Å². The van der Waals surface area contributed by atoms with E-state index in [0.29, 0.717) is 13.1 Å². The lowest BCUT2D eigenvalue weighted by Crippen LogP contribution is -2.35. The van der Waals surface area contributed by atoms with Crippen molar-refractivity contribution in [1.29, 1.82) is 0 Å². The number of halogens is 1. The SMILES string of the molecule is CCn1nc(C)c(Br)c1CN(CCN(C)C)CC(=O)O. The summed E-state index contributed by atoms with van der Waals surface area (Å²) in [6, 6.07) is 0. The number of carbonyl (C=O) groups is 1. The van der Waals surface area contributed by atoms with Crippen LogP contribution in [0.25, 0.3) is 0 Å². The highest BCUT2D eigenvalue weighted by molar-refractivity contribution is 9.10. The standard InChI is InChI=1S/C13H23BrN4O2/c1-5-18-11(13(14)10(2)15-18)8-17(9-12(19)20)7-6-16(3)4/h5-9H2,1-4H3,(H,19,20). The Bertz CT molecular complexity index is 459. The topological polar surface area (TPSA) is 61.6 Å². The molecule has 0 fully saturated rings. The molecule has 1 rings (SSSR count). The Balaban J connectivity index is 2.85. The number of aliphatic carboxylic acids is 1. The summed E-state index contributed by atoms with van der Waals surface area (Å²) in [7, 11) is 3.96. The highest BCUT2D eigenvalue weighted by atomic mass is 79.9. The summed E-state index contributed by atoms with van der Waals surface area (Å²) in [6.45, 7) is 6.90. The zero-order valence-electron chi connectivity index (χ0n) is 12.6. The van der Waals surface area contributed by atoms with Crippen LogP contribution in [0.1, 0.15) is 18.3 Å². The number of rotatable bonds is 8. The van der Waals surface area contributed by atoms with Crippen LogP contribution in [-0.4, -0.2) is 64.4 Å². The van der Waals surface area contributed by atoms with Gasteiger partial charge in [0.15, 0.2) is 0 Å². The predicted octanol–water partition coefficient (Wildman–Crippen LogP) is 1.42. The number of likely N-dealkylation sites (N-methyl/N-ethyl adjacent to an activating group) is 1. The van der Waals surface area contributed by atoms with Gasteiger partial charge in [-0.1, -0.05) is 0 Å². The van der Waals surface area contributed by atoms with Crippen molar-refractivity contribution >= 4 is 21.9 Å². The molecule has 0 aliphatic rings. The highest BCUT2D eigenvalue weighted by Crippen LogP contribution is 2.22. The van der Waals surface area contributed by atoms with Gasteiger partial charge in [-0.05, 0) is 43.9 Å². The summed E-state index contributed by atoms with van der Waals surface area (Å²) in [4.78, 5) is 15.0. The molecule has 1 N–H and O–H groups in total. The molecule has 6 nitrogen and oxygen atoms in total. The fourth-order valence-corrected chi connectivity index (χ4v) is 2.39. The van der Waals surface area contributed by atoms with Crippen LogP contribution >= 0.6 is 15.9 Å². The molecule has 7 heteroatoms. The first-order valence-electron chi connectivity index (χ1n) is 6.65. The van der Waals surface area contributed by atoms with Crippen LogP contribution in [0, 0.1) is 6.92 Å². The van der Waals surface area contributed by atoms with Gasteiger partial charge in [0, 0.05) is 26.2 Å². The summed E-state index contributed by atoms with van der Waals surface area (Å²) >= 11 is 3.55. The number of aromatic nitrogens is 2. The minimum Gasteiger partial charge on any atom is -0.480 e. The number of carboxylic acid groups (broad SMARTS) is 1. The van der Waals surface area contributed by atoms with Crippen molar-refractivity contribution in [2.24, 2.45) is 0 Å². The minimum atomic E-state index is -0.806. The van der Waals surface area contributed by atoms with Crippen LogP contribution < -0.4 is 0 Å². The van der Waals surface area contributed by atoms with Crippen LogP contribution in [0.15, 0.2) is 4.47 Å². The van der Waals surface area contributed by atoms with E-state index in [4.69, 9.17) is 5.11 Å². The first kappa shape index (κ1) is 17.1. The molecule has 20 heavy (non-hydrogen) atoms. The van der Waals surface area contributed by atoms with Crippen molar-refractivity contribution in [1.82, 2.24) is 19.6 Å². The number of nitrogens with zero attached hydrogens (tertiary/aromatic N) is 4. The third-order valence-electron chi connectivity index (χ3n) is 3.05. The normalized spacial score (nSPS) is 11.6. The lowest BCUT2D eigenvalue weighted by atomic mass is 10.3. The van der Waals surface area contributed by atoms with Crippen molar-refractivity contribution in [3.63, 3.8) is 0 Å². The molecule has 0 saturated heterocycles. The van der Waals surface area contributed by atoms with E-state index < -0.39 is 5.97 Å². The fraction of sp³-hybridized carbons (Fsp3) is 0.692. The largest absolute Gasteiger partial charge is 0.480 e. The first-order valence-corrected chi connectivity index (χ1v) is 7.45. The number of aryl methyl sites for hydroxylation is 2. The molecule has 0 atom stereocenters. The third kappa shape index (κ3) is 4.88. The zero-order chi connectivity index (χ0) is 15.3. The Morgan fingerprint density at radius 1 is 1.40 bits per heavy atom. The van der Waals surface area contributed by atoms with E-state index in [1.54, 1.807) is 0 Å². The molecule has 0 radical (unpaired) electrons. The molecule has 0 spiro atoms. The second-order valence-electron chi connectivity index (χ2n) is 5.07. The van der Waals surface area contributed by atoms with E-state index in [1.165, 1.54) is 0 Å². The molecule has 0 bridgehead atoms. The van der Waals surface area contributed by atoms with Gasteiger partial charge in [-0.3, -0.25) is 14.4 Å². The molecule has 0 aliphatic heterocycles. The Kier molecular flexibility index (Phi) is 6.64. The molecule has 114 valence electrons. The van der Waals surface area contributed by atoms with E-state index in [9.17, 15) is 4.79 Å². The van der Waals surface area contributed by atoms with E-state index in [2.05, 4.69) is 21.0 Å². The lowest BCUT2D eigenvalue weighted by Gasteiger charge is -2.22. The van der Waals surface area contributed by atoms with Gasteiger partial charge in [0.1, 0.15) is 0 Å². The van der Waals surface area contributed by atoms with Crippen molar-refractivity contribution in [3.8, 4) is 0 Å². The Hall–Kier alpha value is -0.920. The van der Waals surface area contributed by atoms with Crippen molar-refractivity contribution in [2.75, 3.05) is 33.7 Å². The van der Waals surface area contributed by atoms with Crippen molar-refractivity contribution in [3.05, 3.63) is 15.9 Å². The van der Waals surface area contributed by atoms with Crippen LogP contribution in [0.4, 0.5) is 0 Å². The molecule has 0 aliphatic carbocycles. The molecule has 1 aromatic rings. The Morgan fingerprint density at radius 2 is 2.05 bits per heavy atom. The number of carboxylic acids is 1. The summed E-state index contributed by atoms with van der Waals surface area (Å²) < 4.78 is 2.89. The third-order valence-corrected chi connectivity index (χ3v) is 4.08. The fourth-order valence-electron chi connectivity index (χ4n) is 1.98. The van der Waals surface area contributed by atoms with Crippen molar-refractivity contribution in [2.45, 2.75) is 26.9 Å². The van der Waals surface area contributed by atoms with Gasteiger partial charge in [0.25, 0.3) is 0 Å². The summed E-state index contributed by atoms with van der Waals surface area (Å²) in [5.74, 6) is -0.806. The van der Waals surface area contributed by atoms with Crippen LogP contribution in [0.5, 0.6) is 0 Å². The maximum Gasteiger partial charge on any atom is 0.317 e. The van der Waals surface area contributed by atoms with Crippen molar-refractivity contribution < 1.29 is 9.90 Å². The summed E-state index contributed by atoms with van der Waals surface area (Å²) in [5.41, 5.74) is 1.97. The second-order valence-corrected chi connectivity index (χ2v) is 5.86. The zero-order valence-corrected chi connectivity index (χ0v) is 14.1. The van der Waals surface area contributed by atoms with Gasteiger partial charge < -0.3 is 10.0 Å². The second kappa shape index (κ2) is 7.75. The molecule has 1 aromatic heterocycles. The van der Waals surface area contributed by atoms with Crippen LogP contribution in [0.3, 0.4) is 0 Å². The maximum atomic E-state index is 11.0. The van der Waals surface area contributed by atoms with Crippen LogP contribution in [-0.2, 0) is 17.9 Å². The number of hydrogen-bond acceptors (Lipinski definition) is 4. The average molecular weight is 347 g/mol. The van der Waals surface area contributed by atoms with Gasteiger partial charge in [0.2, 0.25) is 0 Å². The van der Waals surface area contributed by atoms with Gasteiger partial charge in [0.05, 0.1) is 22.4 Å². The molecule has 0 amide bonds. The quantitative estimate of drug-likeness (QED) is 0.771. The molecular formula is C13H23BrN4O2. The van der Waals surface area contributed by atoms with E-state index in [-0.39, 0.29) is 6.54 Å². The van der Waals surface area contributed by atoms with Gasteiger partial charge in [-0.25, -0.2) is 0 Å². The summed E-state index contributed by atoms with van der Waals surface area (Å²) in [5, 5.41) is 13.5. The number of hydrogen-bond donors (Lipinski definition) is 1. The molecule has 0 aromatic carbocycles. The van der Waals surface area contributed by atoms with Crippen LogP contribution in [0.2, 0.25) is 0 Å². The molecule has 1 heterocycles. The maximum absolute atomic E-state index is 11.0. The minimum absolute atomic E-state index is 0.0359. The van der Waals surface area contributed by atoms with E-state index in [0.717, 1.165) is 29.0 Å². The van der Waals surface area contributed by atoms with E-state index >= 15 is 0 Å². The first-order chi connectivity index (χ1) is 9.35. The predicted molar refractivity (Wildman–Crippen MR) is 81.8 cm³/mol. The van der Waals surface area contributed by atoms with Gasteiger partial charge in [-0.2, -0.15) is 5.10 Å². The Labute approximate surface area is 128 Å². The lowest BCUT2D eigenvalue weighted by molar-refractivity contribution is -0.138. The molecule has 0 saturated carbocycles. The highest BCUT2D eigenvalue weighted by Gasteiger charge is 2.17.